The average Bonchev–Trinajstić information content (AvgIpc) is 2.16. The first-order valence-corrected chi connectivity index (χ1v) is 4.88. The van der Waals surface area contributed by atoms with Crippen molar-refractivity contribution in [3.05, 3.63) is 0 Å². The minimum atomic E-state index is 0.236. The summed E-state index contributed by atoms with van der Waals surface area (Å²) in [5, 5.41) is 15.5. The summed E-state index contributed by atoms with van der Waals surface area (Å²) in [6, 6.07) is 0.243. The number of piperidine rings is 1. The molecule has 3 N–H and O–H groups in total. The standard InChI is InChI=1S/C9H20N2O/c1-8(7-12)11-6-9-3-2-4-10-5-9/h8-12H,2-7H2,1H3/t8-,9?/m1/s1. The zero-order valence-electron chi connectivity index (χ0n) is 7.84. The summed E-state index contributed by atoms with van der Waals surface area (Å²) in [4.78, 5) is 0. The highest BCUT2D eigenvalue weighted by Gasteiger charge is 2.12. The fourth-order valence-corrected chi connectivity index (χ4v) is 1.53. The van der Waals surface area contributed by atoms with Crippen LogP contribution in [-0.4, -0.2) is 37.4 Å². The van der Waals surface area contributed by atoms with Crippen molar-refractivity contribution in [1.82, 2.24) is 10.6 Å². The normalized spacial score (nSPS) is 27.0. The van der Waals surface area contributed by atoms with Crippen LogP contribution in [0.3, 0.4) is 0 Å². The Kier molecular flexibility index (Phi) is 4.58. The number of nitrogens with one attached hydrogen (secondary N) is 2. The lowest BCUT2D eigenvalue weighted by atomic mass is 9.99. The smallest absolute Gasteiger partial charge is 0.0581 e. The zero-order valence-corrected chi connectivity index (χ0v) is 7.84. The molecule has 0 aliphatic carbocycles. The molecule has 0 aromatic carbocycles. The molecule has 1 fully saturated rings. The van der Waals surface area contributed by atoms with Crippen LogP contribution in [0.4, 0.5) is 0 Å². The SMILES string of the molecule is C[C@H](CO)NCC1CCCNC1. The van der Waals surface area contributed by atoms with E-state index >= 15 is 0 Å². The molecule has 0 saturated carbocycles. The van der Waals surface area contributed by atoms with Crippen LogP contribution in [0.5, 0.6) is 0 Å². The minimum Gasteiger partial charge on any atom is -0.395 e. The highest BCUT2D eigenvalue weighted by atomic mass is 16.3. The summed E-state index contributed by atoms with van der Waals surface area (Å²) in [5.41, 5.74) is 0. The van der Waals surface area contributed by atoms with Crippen molar-refractivity contribution < 1.29 is 5.11 Å². The van der Waals surface area contributed by atoms with Crippen molar-refractivity contribution in [3.63, 3.8) is 0 Å². The molecule has 1 aliphatic heterocycles. The Hall–Kier alpha value is -0.120. The summed E-state index contributed by atoms with van der Waals surface area (Å²) >= 11 is 0. The third-order valence-corrected chi connectivity index (χ3v) is 2.43. The van der Waals surface area contributed by atoms with Gasteiger partial charge in [0.2, 0.25) is 0 Å². The Balaban J connectivity index is 2.05. The number of aliphatic hydroxyl groups is 1. The molecule has 1 unspecified atom stereocenters. The molecule has 0 spiro atoms. The second-order valence-electron chi connectivity index (χ2n) is 3.70. The second-order valence-corrected chi connectivity index (χ2v) is 3.70. The molecule has 72 valence electrons. The van der Waals surface area contributed by atoms with Crippen LogP contribution in [0, 0.1) is 5.92 Å². The summed E-state index contributed by atoms with van der Waals surface area (Å²) in [6.45, 7) is 5.59. The van der Waals surface area contributed by atoms with Crippen LogP contribution in [-0.2, 0) is 0 Å². The van der Waals surface area contributed by atoms with E-state index in [2.05, 4.69) is 10.6 Å². The molecule has 2 atom stereocenters. The first kappa shape index (κ1) is 9.96. The van der Waals surface area contributed by atoms with E-state index in [1.54, 1.807) is 0 Å². The highest BCUT2D eigenvalue weighted by Crippen LogP contribution is 2.08. The number of hydrogen-bond acceptors (Lipinski definition) is 3. The lowest BCUT2D eigenvalue weighted by Crippen LogP contribution is -2.39. The maximum Gasteiger partial charge on any atom is 0.0581 e. The average molecular weight is 172 g/mol. The molecule has 0 aromatic rings. The van der Waals surface area contributed by atoms with Crippen molar-refractivity contribution in [1.29, 1.82) is 0 Å². The monoisotopic (exact) mass is 172 g/mol. The van der Waals surface area contributed by atoms with Crippen LogP contribution >= 0.6 is 0 Å². The number of hydrogen-bond donors (Lipinski definition) is 3. The molecule has 1 aliphatic rings. The van der Waals surface area contributed by atoms with Crippen molar-refractivity contribution in [2.75, 3.05) is 26.2 Å². The van der Waals surface area contributed by atoms with Gasteiger partial charge in [0.1, 0.15) is 0 Å². The van der Waals surface area contributed by atoms with E-state index in [0.717, 1.165) is 19.0 Å². The van der Waals surface area contributed by atoms with Gasteiger partial charge >= 0.3 is 0 Å². The molecule has 1 saturated heterocycles. The molecular weight excluding hydrogens is 152 g/mol. The predicted octanol–water partition coefficient (Wildman–Crippen LogP) is -0.0436. The molecule has 3 heteroatoms. The molecule has 1 heterocycles. The van der Waals surface area contributed by atoms with Gasteiger partial charge in [-0.1, -0.05) is 0 Å². The molecule has 0 bridgehead atoms. The van der Waals surface area contributed by atoms with Gasteiger partial charge in [-0.3, -0.25) is 0 Å². The summed E-state index contributed by atoms with van der Waals surface area (Å²) < 4.78 is 0. The second kappa shape index (κ2) is 5.51. The number of aliphatic hydroxyl groups excluding tert-OH is 1. The molecule has 12 heavy (non-hydrogen) atoms. The Morgan fingerprint density at radius 3 is 3.08 bits per heavy atom. The van der Waals surface area contributed by atoms with E-state index in [1.807, 2.05) is 6.92 Å². The van der Waals surface area contributed by atoms with Gasteiger partial charge < -0.3 is 15.7 Å². The Bertz CT molecular complexity index is 113. The summed E-state index contributed by atoms with van der Waals surface area (Å²) in [7, 11) is 0. The van der Waals surface area contributed by atoms with E-state index < -0.39 is 0 Å². The van der Waals surface area contributed by atoms with Crippen molar-refractivity contribution in [2.45, 2.75) is 25.8 Å². The van der Waals surface area contributed by atoms with Gasteiger partial charge in [-0.25, -0.2) is 0 Å². The molecule has 0 radical (unpaired) electrons. The quantitative estimate of drug-likeness (QED) is 0.557. The Morgan fingerprint density at radius 1 is 1.67 bits per heavy atom. The maximum atomic E-state index is 8.79. The minimum absolute atomic E-state index is 0.236. The lowest BCUT2D eigenvalue weighted by molar-refractivity contribution is 0.240. The van der Waals surface area contributed by atoms with Crippen LogP contribution in [0.25, 0.3) is 0 Å². The summed E-state index contributed by atoms with van der Waals surface area (Å²) in [6.07, 6.45) is 2.61. The van der Waals surface area contributed by atoms with Crippen molar-refractivity contribution >= 4 is 0 Å². The van der Waals surface area contributed by atoms with Crippen LogP contribution in [0.2, 0.25) is 0 Å². The highest BCUT2D eigenvalue weighted by molar-refractivity contribution is 4.72. The van der Waals surface area contributed by atoms with Gasteiger partial charge in [-0.15, -0.1) is 0 Å². The Morgan fingerprint density at radius 2 is 2.50 bits per heavy atom. The van der Waals surface area contributed by atoms with E-state index in [9.17, 15) is 0 Å². The maximum absolute atomic E-state index is 8.79. The van der Waals surface area contributed by atoms with Crippen LogP contribution in [0.15, 0.2) is 0 Å². The van der Waals surface area contributed by atoms with E-state index in [4.69, 9.17) is 5.11 Å². The molecule has 3 nitrogen and oxygen atoms in total. The van der Waals surface area contributed by atoms with Gasteiger partial charge in [0, 0.05) is 6.04 Å². The third-order valence-electron chi connectivity index (χ3n) is 2.43. The fourth-order valence-electron chi connectivity index (χ4n) is 1.53. The van der Waals surface area contributed by atoms with E-state index in [1.165, 1.54) is 19.4 Å². The van der Waals surface area contributed by atoms with Gasteiger partial charge in [0.05, 0.1) is 6.61 Å². The first-order chi connectivity index (χ1) is 5.83. The topological polar surface area (TPSA) is 44.3 Å². The van der Waals surface area contributed by atoms with Crippen LogP contribution in [0.1, 0.15) is 19.8 Å². The van der Waals surface area contributed by atoms with Gasteiger partial charge in [-0.05, 0) is 45.3 Å². The fraction of sp³-hybridized carbons (Fsp3) is 1.00. The van der Waals surface area contributed by atoms with Gasteiger partial charge in [0.15, 0.2) is 0 Å². The van der Waals surface area contributed by atoms with Gasteiger partial charge in [0.25, 0.3) is 0 Å². The molecular formula is C9H20N2O. The van der Waals surface area contributed by atoms with E-state index in [0.29, 0.717) is 0 Å². The predicted molar refractivity (Wildman–Crippen MR) is 50.1 cm³/mol. The molecule has 0 amide bonds. The largest absolute Gasteiger partial charge is 0.395 e. The summed E-state index contributed by atoms with van der Waals surface area (Å²) in [5.74, 6) is 0.757. The first-order valence-electron chi connectivity index (χ1n) is 4.88. The van der Waals surface area contributed by atoms with E-state index in [-0.39, 0.29) is 12.6 Å². The molecule has 0 aromatic heterocycles. The zero-order chi connectivity index (χ0) is 8.81. The molecule has 1 rings (SSSR count). The lowest BCUT2D eigenvalue weighted by Gasteiger charge is -2.24. The van der Waals surface area contributed by atoms with Crippen molar-refractivity contribution in [3.8, 4) is 0 Å². The van der Waals surface area contributed by atoms with Crippen LogP contribution < -0.4 is 10.6 Å². The van der Waals surface area contributed by atoms with Gasteiger partial charge in [-0.2, -0.15) is 0 Å². The Labute approximate surface area is 74.5 Å². The number of rotatable bonds is 4. The van der Waals surface area contributed by atoms with Crippen molar-refractivity contribution in [2.24, 2.45) is 5.92 Å². The third kappa shape index (κ3) is 3.52.